The summed E-state index contributed by atoms with van der Waals surface area (Å²) in [5.41, 5.74) is 7.01. The van der Waals surface area contributed by atoms with Crippen LogP contribution in [-0.2, 0) is 4.79 Å². The van der Waals surface area contributed by atoms with Crippen molar-refractivity contribution in [1.29, 1.82) is 0 Å². The Bertz CT molecular complexity index is 662. The number of piperidine rings is 1. The number of carbonyl (C=O) groups is 2. The van der Waals surface area contributed by atoms with Crippen molar-refractivity contribution in [2.45, 2.75) is 12.8 Å². The number of hydrogen-bond donors (Lipinski definition) is 1. The van der Waals surface area contributed by atoms with Gasteiger partial charge in [-0.15, -0.1) is 0 Å². The molecule has 1 aromatic carbocycles. The number of nitrogens with zero attached hydrogens (tertiary/aromatic N) is 2. The fourth-order valence-electron chi connectivity index (χ4n) is 2.86. The molecule has 1 unspecified atom stereocenters. The van der Waals surface area contributed by atoms with E-state index in [1.54, 1.807) is 4.90 Å². The summed E-state index contributed by atoms with van der Waals surface area (Å²) in [7, 11) is 0. The highest BCUT2D eigenvalue weighted by Gasteiger charge is 2.27. The molecule has 0 spiro atoms. The molecule has 0 bridgehead atoms. The number of aromatic nitrogens is 1. The largest absolute Gasteiger partial charge is 0.369 e. The molecule has 0 radical (unpaired) electrons. The predicted molar refractivity (Wildman–Crippen MR) is 83.6 cm³/mol. The van der Waals surface area contributed by atoms with Gasteiger partial charge in [0.2, 0.25) is 5.91 Å². The van der Waals surface area contributed by atoms with Crippen LogP contribution < -0.4 is 5.73 Å². The van der Waals surface area contributed by atoms with Crippen LogP contribution in [0.15, 0.2) is 48.8 Å². The Morgan fingerprint density at radius 3 is 2.41 bits per heavy atom. The first kappa shape index (κ1) is 14.4. The first-order valence-electron chi connectivity index (χ1n) is 7.47. The Morgan fingerprint density at radius 2 is 1.77 bits per heavy atom. The Morgan fingerprint density at radius 1 is 1.09 bits per heavy atom. The zero-order valence-electron chi connectivity index (χ0n) is 12.3. The molecule has 1 fully saturated rings. The minimum atomic E-state index is -0.319. The SMILES string of the molecule is NC(=O)C1CCCN(C(=O)c2ccc(-n3cccc3)cc2)C1. The molecule has 1 atom stereocenters. The normalized spacial score (nSPS) is 18.2. The van der Waals surface area contributed by atoms with E-state index in [9.17, 15) is 9.59 Å². The molecule has 0 aliphatic carbocycles. The zero-order valence-corrected chi connectivity index (χ0v) is 12.3. The van der Waals surface area contributed by atoms with Crippen molar-refractivity contribution in [2.75, 3.05) is 13.1 Å². The Hall–Kier alpha value is -2.56. The van der Waals surface area contributed by atoms with Gasteiger partial charge in [-0.1, -0.05) is 0 Å². The van der Waals surface area contributed by atoms with E-state index in [0.717, 1.165) is 18.5 Å². The summed E-state index contributed by atoms with van der Waals surface area (Å²) in [6.45, 7) is 1.11. The van der Waals surface area contributed by atoms with Gasteiger partial charge in [0.15, 0.2) is 0 Å². The lowest BCUT2D eigenvalue weighted by Crippen LogP contribution is -2.44. The van der Waals surface area contributed by atoms with Crippen molar-refractivity contribution in [3.05, 3.63) is 54.4 Å². The van der Waals surface area contributed by atoms with Gasteiger partial charge in [0.05, 0.1) is 5.92 Å². The summed E-state index contributed by atoms with van der Waals surface area (Å²) in [6.07, 6.45) is 5.50. The average Bonchev–Trinajstić information content (AvgIpc) is 3.09. The molecule has 22 heavy (non-hydrogen) atoms. The van der Waals surface area contributed by atoms with Gasteiger partial charge >= 0.3 is 0 Å². The number of hydrogen-bond acceptors (Lipinski definition) is 2. The van der Waals surface area contributed by atoms with E-state index in [-0.39, 0.29) is 17.7 Å². The summed E-state index contributed by atoms with van der Waals surface area (Å²) in [5, 5.41) is 0. The summed E-state index contributed by atoms with van der Waals surface area (Å²) >= 11 is 0. The highest BCUT2D eigenvalue weighted by molar-refractivity contribution is 5.94. The lowest BCUT2D eigenvalue weighted by Gasteiger charge is -2.31. The molecule has 2 N–H and O–H groups in total. The van der Waals surface area contributed by atoms with E-state index >= 15 is 0 Å². The van der Waals surface area contributed by atoms with E-state index in [4.69, 9.17) is 5.73 Å². The van der Waals surface area contributed by atoms with Crippen molar-refractivity contribution >= 4 is 11.8 Å². The van der Waals surface area contributed by atoms with Crippen molar-refractivity contribution in [2.24, 2.45) is 11.7 Å². The van der Waals surface area contributed by atoms with Gasteiger partial charge in [0.1, 0.15) is 0 Å². The first-order valence-corrected chi connectivity index (χ1v) is 7.47. The zero-order chi connectivity index (χ0) is 15.5. The number of nitrogens with two attached hydrogens (primary N) is 1. The highest BCUT2D eigenvalue weighted by Crippen LogP contribution is 2.19. The van der Waals surface area contributed by atoms with E-state index in [2.05, 4.69) is 0 Å². The average molecular weight is 297 g/mol. The number of likely N-dealkylation sites (tertiary alicyclic amines) is 1. The van der Waals surface area contributed by atoms with Gasteiger partial charge < -0.3 is 15.2 Å². The third-order valence-corrected chi connectivity index (χ3v) is 4.13. The fraction of sp³-hybridized carbons (Fsp3) is 0.294. The summed E-state index contributed by atoms with van der Waals surface area (Å²) in [6, 6.07) is 11.4. The fourth-order valence-corrected chi connectivity index (χ4v) is 2.86. The van der Waals surface area contributed by atoms with E-state index < -0.39 is 0 Å². The molecule has 5 heteroatoms. The number of amides is 2. The Labute approximate surface area is 129 Å². The van der Waals surface area contributed by atoms with Gasteiger partial charge in [-0.2, -0.15) is 0 Å². The smallest absolute Gasteiger partial charge is 0.253 e. The van der Waals surface area contributed by atoms with Gasteiger partial charge in [-0.25, -0.2) is 0 Å². The molecule has 5 nitrogen and oxygen atoms in total. The number of primary amides is 1. The van der Waals surface area contributed by atoms with Crippen LogP contribution in [0.5, 0.6) is 0 Å². The number of carbonyl (C=O) groups excluding carboxylic acids is 2. The highest BCUT2D eigenvalue weighted by atomic mass is 16.2. The summed E-state index contributed by atoms with van der Waals surface area (Å²) in [4.78, 5) is 25.6. The molecule has 2 aromatic rings. The molecule has 0 saturated carbocycles. The molecular formula is C17H19N3O2. The molecule has 2 amide bonds. The second-order valence-corrected chi connectivity index (χ2v) is 5.63. The summed E-state index contributed by atoms with van der Waals surface area (Å²) in [5.74, 6) is -0.581. The van der Waals surface area contributed by atoms with Gasteiger partial charge in [0.25, 0.3) is 5.91 Å². The number of rotatable bonds is 3. The standard InChI is InChI=1S/C17H19N3O2/c18-16(21)14-4-3-11-20(12-14)17(22)13-5-7-15(8-6-13)19-9-1-2-10-19/h1-2,5-10,14H,3-4,11-12H2,(H2,18,21). The van der Waals surface area contributed by atoms with Crippen LogP contribution in [0.25, 0.3) is 5.69 Å². The van der Waals surface area contributed by atoms with Crippen LogP contribution in [-0.4, -0.2) is 34.4 Å². The maximum atomic E-state index is 12.5. The molecule has 114 valence electrons. The van der Waals surface area contributed by atoms with E-state index in [1.165, 1.54) is 0 Å². The topological polar surface area (TPSA) is 68.3 Å². The third kappa shape index (κ3) is 2.88. The van der Waals surface area contributed by atoms with Crippen LogP contribution in [0, 0.1) is 5.92 Å². The van der Waals surface area contributed by atoms with E-state index in [1.807, 2.05) is 53.4 Å². The predicted octanol–water partition coefficient (Wildman–Crippen LogP) is 1.81. The van der Waals surface area contributed by atoms with E-state index in [0.29, 0.717) is 18.7 Å². The van der Waals surface area contributed by atoms with Crippen LogP contribution in [0.4, 0.5) is 0 Å². The maximum absolute atomic E-state index is 12.5. The Balaban J connectivity index is 1.73. The lowest BCUT2D eigenvalue weighted by atomic mass is 9.97. The number of benzene rings is 1. The molecule has 1 aliphatic rings. The van der Waals surface area contributed by atoms with Crippen LogP contribution in [0.1, 0.15) is 23.2 Å². The van der Waals surface area contributed by atoms with Gasteiger partial charge in [0, 0.05) is 36.7 Å². The molecule has 1 aromatic heterocycles. The van der Waals surface area contributed by atoms with Crippen molar-refractivity contribution in [3.8, 4) is 5.69 Å². The Kier molecular flexibility index (Phi) is 3.96. The second kappa shape index (κ2) is 6.05. The monoisotopic (exact) mass is 297 g/mol. The first-order chi connectivity index (χ1) is 10.6. The summed E-state index contributed by atoms with van der Waals surface area (Å²) < 4.78 is 1.98. The third-order valence-electron chi connectivity index (χ3n) is 4.13. The lowest BCUT2D eigenvalue weighted by molar-refractivity contribution is -0.123. The quantitative estimate of drug-likeness (QED) is 0.939. The molecular weight excluding hydrogens is 278 g/mol. The van der Waals surface area contributed by atoms with Crippen LogP contribution >= 0.6 is 0 Å². The minimum absolute atomic E-state index is 0.0370. The van der Waals surface area contributed by atoms with Crippen molar-refractivity contribution in [1.82, 2.24) is 9.47 Å². The molecule has 1 saturated heterocycles. The van der Waals surface area contributed by atoms with Gasteiger partial charge in [-0.3, -0.25) is 9.59 Å². The maximum Gasteiger partial charge on any atom is 0.253 e. The van der Waals surface area contributed by atoms with Crippen molar-refractivity contribution in [3.63, 3.8) is 0 Å². The van der Waals surface area contributed by atoms with Crippen LogP contribution in [0.3, 0.4) is 0 Å². The van der Waals surface area contributed by atoms with Crippen molar-refractivity contribution < 1.29 is 9.59 Å². The minimum Gasteiger partial charge on any atom is -0.369 e. The molecule has 1 aliphatic heterocycles. The molecule has 2 heterocycles. The van der Waals surface area contributed by atoms with Gasteiger partial charge in [-0.05, 0) is 49.2 Å². The molecule has 3 rings (SSSR count). The second-order valence-electron chi connectivity index (χ2n) is 5.63. The van der Waals surface area contributed by atoms with Crippen LogP contribution in [0.2, 0.25) is 0 Å².